The Morgan fingerprint density at radius 1 is 1.15 bits per heavy atom. The van der Waals surface area contributed by atoms with Crippen molar-refractivity contribution in [2.45, 2.75) is 25.4 Å². The molecular formula is C19H28N6O. The van der Waals surface area contributed by atoms with Gasteiger partial charge in [-0.05, 0) is 31.0 Å². The van der Waals surface area contributed by atoms with Gasteiger partial charge in [-0.15, -0.1) is 0 Å². The second-order valence-corrected chi connectivity index (χ2v) is 6.98. The van der Waals surface area contributed by atoms with Gasteiger partial charge in [-0.25, -0.2) is 15.0 Å². The number of likely N-dealkylation sites (tertiary alicyclic amines) is 1. The first kappa shape index (κ1) is 18.4. The molecule has 0 aromatic carbocycles. The molecule has 0 radical (unpaired) electrons. The lowest BCUT2D eigenvalue weighted by atomic mass is 10.0. The summed E-state index contributed by atoms with van der Waals surface area (Å²) in [5, 5.41) is 0. The third-order valence-electron chi connectivity index (χ3n) is 4.90. The van der Waals surface area contributed by atoms with E-state index in [9.17, 15) is 0 Å². The van der Waals surface area contributed by atoms with Crippen molar-refractivity contribution in [2.24, 2.45) is 0 Å². The van der Waals surface area contributed by atoms with Crippen LogP contribution in [-0.4, -0.2) is 67.2 Å². The molecule has 3 rings (SSSR count). The van der Waals surface area contributed by atoms with Gasteiger partial charge in [0.1, 0.15) is 18.0 Å². The van der Waals surface area contributed by atoms with Gasteiger partial charge in [-0.2, -0.15) is 0 Å². The molecule has 7 heteroatoms. The molecule has 0 bridgehead atoms. The average Bonchev–Trinajstić information content (AvgIpc) is 2.68. The number of methoxy groups -OCH3 is 1. The lowest BCUT2D eigenvalue weighted by Gasteiger charge is -2.38. The third kappa shape index (κ3) is 4.40. The Labute approximate surface area is 155 Å². The SMILES string of the molecule is COc1cc(CN2CCCC(N(C)c3cc(N(C)C)ncn3)C2)ccn1. The van der Waals surface area contributed by atoms with E-state index in [-0.39, 0.29) is 0 Å². The highest BCUT2D eigenvalue weighted by Crippen LogP contribution is 2.23. The first-order chi connectivity index (χ1) is 12.6. The van der Waals surface area contributed by atoms with Gasteiger partial charge < -0.3 is 14.5 Å². The molecule has 0 amide bonds. The molecule has 1 aliphatic rings. The van der Waals surface area contributed by atoms with Crippen LogP contribution in [0.3, 0.4) is 0 Å². The summed E-state index contributed by atoms with van der Waals surface area (Å²) in [6, 6.07) is 6.56. The number of anilines is 2. The summed E-state index contributed by atoms with van der Waals surface area (Å²) in [4.78, 5) is 19.8. The van der Waals surface area contributed by atoms with Crippen molar-refractivity contribution in [3.63, 3.8) is 0 Å². The Morgan fingerprint density at radius 2 is 1.96 bits per heavy atom. The maximum atomic E-state index is 5.24. The first-order valence-corrected chi connectivity index (χ1v) is 9.00. The van der Waals surface area contributed by atoms with Gasteiger partial charge in [0.25, 0.3) is 0 Å². The van der Waals surface area contributed by atoms with Crippen LogP contribution in [0.5, 0.6) is 5.88 Å². The summed E-state index contributed by atoms with van der Waals surface area (Å²) in [5.41, 5.74) is 1.23. The molecule has 2 aromatic heterocycles. The number of ether oxygens (including phenoxy) is 1. The van der Waals surface area contributed by atoms with E-state index >= 15 is 0 Å². The van der Waals surface area contributed by atoms with Crippen LogP contribution in [0.15, 0.2) is 30.7 Å². The van der Waals surface area contributed by atoms with E-state index in [0.29, 0.717) is 11.9 Å². The molecular weight excluding hydrogens is 328 g/mol. The van der Waals surface area contributed by atoms with Crippen molar-refractivity contribution in [3.05, 3.63) is 36.3 Å². The lowest BCUT2D eigenvalue weighted by molar-refractivity contribution is 0.198. The maximum absolute atomic E-state index is 5.24. The molecule has 1 unspecified atom stereocenters. The van der Waals surface area contributed by atoms with Crippen molar-refractivity contribution in [2.75, 3.05) is 51.1 Å². The number of rotatable bonds is 6. The fourth-order valence-electron chi connectivity index (χ4n) is 3.37. The van der Waals surface area contributed by atoms with Gasteiger partial charge in [0, 0.05) is 58.6 Å². The Balaban J connectivity index is 1.66. The van der Waals surface area contributed by atoms with Crippen LogP contribution in [0.1, 0.15) is 18.4 Å². The predicted molar refractivity (Wildman–Crippen MR) is 104 cm³/mol. The largest absolute Gasteiger partial charge is 0.481 e. The van der Waals surface area contributed by atoms with Gasteiger partial charge in [0.05, 0.1) is 7.11 Å². The number of aromatic nitrogens is 3. The molecule has 3 heterocycles. The summed E-state index contributed by atoms with van der Waals surface area (Å²) in [6.07, 6.45) is 5.81. The van der Waals surface area contributed by atoms with Crippen LogP contribution < -0.4 is 14.5 Å². The van der Waals surface area contributed by atoms with Crippen molar-refractivity contribution in [1.29, 1.82) is 0 Å². The highest BCUT2D eigenvalue weighted by molar-refractivity contribution is 5.49. The summed E-state index contributed by atoms with van der Waals surface area (Å²) in [6.45, 7) is 3.04. The third-order valence-corrected chi connectivity index (χ3v) is 4.90. The van der Waals surface area contributed by atoms with Gasteiger partial charge in [0.15, 0.2) is 0 Å². The van der Waals surface area contributed by atoms with E-state index in [1.54, 1.807) is 13.4 Å². The summed E-state index contributed by atoms with van der Waals surface area (Å²) < 4.78 is 5.24. The summed E-state index contributed by atoms with van der Waals surface area (Å²) in [5.74, 6) is 2.57. The Morgan fingerprint density at radius 3 is 2.73 bits per heavy atom. The van der Waals surface area contributed by atoms with E-state index in [1.165, 1.54) is 18.4 Å². The number of nitrogens with zero attached hydrogens (tertiary/aromatic N) is 6. The van der Waals surface area contributed by atoms with Gasteiger partial charge in [-0.3, -0.25) is 4.90 Å². The minimum absolute atomic E-state index is 0.442. The predicted octanol–water partition coefficient (Wildman–Crippen LogP) is 2.05. The van der Waals surface area contributed by atoms with E-state index < -0.39 is 0 Å². The zero-order valence-electron chi connectivity index (χ0n) is 16.1. The van der Waals surface area contributed by atoms with E-state index in [4.69, 9.17) is 4.74 Å². The molecule has 7 nitrogen and oxygen atoms in total. The number of hydrogen-bond acceptors (Lipinski definition) is 7. The van der Waals surface area contributed by atoms with Crippen LogP contribution in [0.4, 0.5) is 11.6 Å². The minimum Gasteiger partial charge on any atom is -0.481 e. The molecule has 2 aromatic rings. The monoisotopic (exact) mass is 356 g/mol. The molecule has 1 fully saturated rings. The first-order valence-electron chi connectivity index (χ1n) is 9.00. The van der Waals surface area contributed by atoms with E-state index in [1.807, 2.05) is 37.3 Å². The van der Waals surface area contributed by atoms with Crippen molar-refractivity contribution in [1.82, 2.24) is 19.9 Å². The molecule has 0 spiro atoms. The Kier molecular flexibility index (Phi) is 5.88. The maximum Gasteiger partial charge on any atom is 0.213 e. The highest BCUT2D eigenvalue weighted by atomic mass is 16.5. The summed E-state index contributed by atoms with van der Waals surface area (Å²) in [7, 11) is 7.78. The van der Waals surface area contributed by atoms with Crippen molar-refractivity contribution >= 4 is 11.6 Å². The van der Waals surface area contributed by atoms with E-state index in [2.05, 4.69) is 37.9 Å². The number of likely N-dealkylation sites (N-methyl/N-ethyl adjacent to an activating group) is 1. The number of hydrogen-bond donors (Lipinski definition) is 0. The minimum atomic E-state index is 0.442. The average molecular weight is 356 g/mol. The molecule has 0 aliphatic carbocycles. The van der Waals surface area contributed by atoms with Crippen molar-refractivity contribution < 1.29 is 4.74 Å². The Hall–Kier alpha value is -2.41. The van der Waals surface area contributed by atoms with Crippen LogP contribution in [0.2, 0.25) is 0 Å². The van der Waals surface area contributed by atoms with Crippen LogP contribution in [0, 0.1) is 0 Å². The van der Waals surface area contributed by atoms with Crippen LogP contribution in [-0.2, 0) is 6.54 Å². The normalized spacial score (nSPS) is 17.8. The second-order valence-electron chi connectivity index (χ2n) is 6.98. The zero-order valence-corrected chi connectivity index (χ0v) is 16.1. The highest BCUT2D eigenvalue weighted by Gasteiger charge is 2.24. The van der Waals surface area contributed by atoms with Gasteiger partial charge >= 0.3 is 0 Å². The molecule has 26 heavy (non-hydrogen) atoms. The fourth-order valence-corrected chi connectivity index (χ4v) is 3.37. The van der Waals surface area contributed by atoms with Crippen LogP contribution in [0.25, 0.3) is 0 Å². The summed E-state index contributed by atoms with van der Waals surface area (Å²) >= 11 is 0. The lowest BCUT2D eigenvalue weighted by Crippen LogP contribution is -2.46. The van der Waals surface area contributed by atoms with Gasteiger partial charge in [-0.1, -0.05) is 0 Å². The van der Waals surface area contributed by atoms with Crippen LogP contribution >= 0.6 is 0 Å². The number of pyridine rings is 1. The standard InChI is InChI=1S/C19H28N6O/c1-23(2)17-11-18(22-14-21-17)24(3)16-6-5-9-25(13-16)12-15-7-8-20-19(10-15)26-4/h7-8,10-11,14,16H,5-6,9,12-13H2,1-4H3. The van der Waals surface area contributed by atoms with E-state index in [0.717, 1.165) is 31.3 Å². The quantitative estimate of drug-likeness (QED) is 0.785. The molecule has 0 saturated carbocycles. The molecule has 1 saturated heterocycles. The van der Waals surface area contributed by atoms with Crippen molar-refractivity contribution in [3.8, 4) is 5.88 Å². The van der Waals surface area contributed by atoms with Gasteiger partial charge in [0.2, 0.25) is 5.88 Å². The molecule has 140 valence electrons. The molecule has 1 aliphatic heterocycles. The number of piperidine rings is 1. The zero-order chi connectivity index (χ0) is 18.5. The smallest absolute Gasteiger partial charge is 0.213 e. The fraction of sp³-hybridized carbons (Fsp3) is 0.526. The molecule has 1 atom stereocenters. The Bertz CT molecular complexity index is 723. The molecule has 0 N–H and O–H groups in total. The topological polar surface area (TPSA) is 57.6 Å². The second kappa shape index (κ2) is 8.31.